The Morgan fingerprint density at radius 2 is 2.12 bits per heavy atom. The van der Waals surface area contributed by atoms with Gasteiger partial charge in [0.05, 0.1) is 5.60 Å². The second-order valence-electron chi connectivity index (χ2n) is 4.58. The molecule has 1 aromatic carbocycles. The van der Waals surface area contributed by atoms with Gasteiger partial charge < -0.3 is 10.4 Å². The monoisotopic (exact) mass is 237 g/mol. The van der Waals surface area contributed by atoms with Gasteiger partial charge in [-0.05, 0) is 45.0 Å². The minimum absolute atomic E-state index is 0.473. The van der Waals surface area contributed by atoms with Crippen LogP contribution in [-0.2, 0) is 0 Å². The summed E-state index contributed by atoms with van der Waals surface area (Å²) in [4.78, 5) is 1.26. The fraction of sp³-hybridized carbons (Fsp3) is 0.538. The molecule has 1 saturated heterocycles. The van der Waals surface area contributed by atoms with Crippen LogP contribution in [-0.4, -0.2) is 29.5 Å². The molecule has 0 spiro atoms. The van der Waals surface area contributed by atoms with Crippen molar-refractivity contribution in [2.45, 2.75) is 30.3 Å². The fourth-order valence-electron chi connectivity index (χ4n) is 1.96. The zero-order valence-corrected chi connectivity index (χ0v) is 10.5. The summed E-state index contributed by atoms with van der Waals surface area (Å²) in [6.45, 7) is 3.97. The second-order valence-corrected chi connectivity index (χ2v) is 5.63. The van der Waals surface area contributed by atoms with E-state index in [-0.39, 0.29) is 0 Å². The highest BCUT2D eigenvalue weighted by Gasteiger charge is 2.28. The van der Waals surface area contributed by atoms with Crippen LogP contribution in [0.15, 0.2) is 29.2 Å². The van der Waals surface area contributed by atoms with E-state index in [4.69, 9.17) is 0 Å². The third-order valence-electron chi connectivity index (χ3n) is 3.03. The molecule has 0 unspecified atom stereocenters. The van der Waals surface area contributed by atoms with E-state index < -0.39 is 5.60 Å². The molecular weight excluding hydrogens is 218 g/mol. The molecule has 0 bridgehead atoms. The van der Waals surface area contributed by atoms with E-state index in [1.807, 2.05) is 0 Å². The van der Waals surface area contributed by atoms with E-state index in [1.54, 1.807) is 11.8 Å². The molecule has 1 aliphatic rings. The van der Waals surface area contributed by atoms with Gasteiger partial charge in [-0.1, -0.05) is 17.7 Å². The Morgan fingerprint density at radius 3 is 2.81 bits per heavy atom. The molecule has 1 aromatic rings. The van der Waals surface area contributed by atoms with Crippen molar-refractivity contribution in [1.82, 2.24) is 5.32 Å². The second kappa shape index (κ2) is 5.21. The maximum atomic E-state index is 10.3. The first-order valence-corrected chi connectivity index (χ1v) is 6.79. The lowest BCUT2D eigenvalue weighted by molar-refractivity contribution is 0.0339. The van der Waals surface area contributed by atoms with Crippen molar-refractivity contribution in [3.05, 3.63) is 29.8 Å². The Morgan fingerprint density at radius 1 is 1.38 bits per heavy atom. The first-order chi connectivity index (χ1) is 7.68. The number of piperidine rings is 1. The van der Waals surface area contributed by atoms with Gasteiger partial charge in [0.25, 0.3) is 0 Å². The average Bonchev–Trinajstić information content (AvgIpc) is 2.28. The van der Waals surface area contributed by atoms with Crippen LogP contribution in [0.5, 0.6) is 0 Å². The van der Waals surface area contributed by atoms with Crippen molar-refractivity contribution in [2.24, 2.45) is 0 Å². The summed E-state index contributed by atoms with van der Waals surface area (Å²) in [5, 5.41) is 13.6. The van der Waals surface area contributed by atoms with Crippen molar-refractivity contribution in [3.63, 3.8) is 0 Å². The molecule has 16 heavy (non-hydrogen) atoms. The maximum Gasteiger partial charge on any atom is 0.0765 e. The highest BCUT2D eigenvalue weighted by molar-refractivity contribution is 7.99. The number of hydrogen-bond acceptors (Lipinski definition) is 3. The molecule has 3 heteroatoms. The molecule has 0 atom stereocenters. The Labute approximate surface area is 101 Å². The number of thioether (sulfide) groups is 1. The number of rotatable bonds is 3. The Balaban J connectivity index is 1.91. The summed E-state index contributed by atoms with van der Waals surface area (Å²) >= 11 is 1.76. The standard InChI is InChI=1S/C13H19NOS/c1-11-3-2-4-12(9-11)16-10-13(15)5-7-14-8-6-13/h2-4,9,14-15H,5-8,10H2,1H3. The van der Waals surface area contributed by atoms with Crippen molar-refractivity contribution in [2.75, 3.05) is 18.8 Å². The minimum atomic E-state index is -0.473. The van der Waals surface area contributed by atoms with Crippen molar-refractivity contribution in [1.29, 1.82) is 0 Å². The van der Waals surface area contributed by atoms with Gasteiger partial charge >= 0.3 is 0 Å². The molecule has 1 fully saturated rings. The van der Waals surface area contributed by atoms with Crippen LogP contribution in [0, 0.1) is 6.92 Å². The van der Waals surface area contributed by atoms with Crippen LogP contribution in [0.3, 0.4) is 0 Å². The van der Waals surface area contributed by atoms with Gasteiger partial charge in [0, 0.05) is 10.6 Å². The molecule has 1 aliphatic heterocycles. The number of nitrogens with one attached hydrogen (secondary N) is 1. The lowest BCUT2D eigenvalue weighted by atomic mass is 9.95. The van der Waals surface area contributed by atoms with Gasteiger partial charge in [-0.15, -0.1) is 11.8 Å². The zero-order chi connectivity index (χ0) is 11.4. The largest absolute Gasteiger partial charge is 0.389 e. The van der Waals surface area contributed by atoms with E-state index in [0.29, 0.717) is 0 Å². The van der Waals surface area contributed by atoms with Crippen molar-refractivity contribution in [3.8, 4) is 0 Å². The predicted molar refractivity (Wildman–Crippen MR) is 69.0 cm³/mol. The maximum absolute atomic E-state index is 10.3. The molecule has 2 N–H and O–H groups in total. The molecule has 2 nitrogen and oxygen atoms in total. The molecule has 0 aliphatic carbocycles. The number of benzene rings is 1. The lowest BCUT2D eigenvalue weighted by Gasteiger charge is -2.32. The first kappa shape index (κ1) is 12.0. The summed E-state index contributed by atoms with van der Waals surface area (Å²) in [5.41, 5.74) is 0.807. The van der Waals surface area contributed by atoms with E-state index in [0.717, 1.165) is 31.7 Å². The SMILES string of the molecule is Cc1cccc(SCC2(O)CCNCC2)c1. The van der Waals surface area contributed by atoms with E-state index >= 15 is 0 Å². The number of aliphatic hydroxyl groups is 1. The lowest BCUT2D eigenvalue weighted by Crippen LogP contribution is -2.43. The molecule has 1 heterocycles. The van der Waals surface area contributed by atoms with Gasteiger partial charge in [-0.3, -0.25) is 0 Å². The average molecular weight is 237 g/mol. The fourth-order valence-corrected chi connectivity index (χ4v) is 3.13. The minimum Gasteiger partial charge on any atom is -0.389 e. The normalized spacial score (nSPS) is 19.6. The van der Waals surface area contributed by atoms with Crippen LogP contribution in [0.25, 0.3) is 0 Å². The summed E-state index contributed by atoms with van der Waals surface area (Å²) in [5.74, 6) is 0.804. The van der Waals surface area contributed by atoms with Gasteiger partial charge in [0.15, 0.2) is 0 Å². The van der Waals surface area contributed by atoms with Crippen molar-refractivity contribution >= 4 is 11.8 Å². The third-order valence-corrected chi connectivity index (χ3v) is 4.30. The van der Waals surface area contributed by atoms with Crippen molar-refractivity contribution < 1.29 is 5.11 Å². The van der Waals surface area contributed by atoms with Gasteiger partial charge in [-0.2, -0.15) is 0 Å². The van der Waals surface area contributed by atoms with Gasteiger partial charge in [0.2, 0.25) is 0 Å². The van der Waals surface area contributed by atoms with Gasteiger partial charge in [-0.25, -0.2) is 0 Å². The predicted octanol–water partition coefficient (Wildman–Crippen LogP) is 2.20. The highest BCUT2D eigenvalue weighted by Crippen LogP contribution is 2.28. The summed E-state index contributed by atoms with van der Waals surface area (Å²) in [7, 11) is 0. The molecule has 0 amide bonds. The topological polar surface area (TPSA) is 32.3 Å². The summed E-state index contributed by atoms with van der Waals surface area (Å²) in [6, 6.07) is 8.46. The number of aryl methyl sites for hydroxylation is 1. The molecule has 88 valence electrons. The molecule has 0 aromatic heterocycles. The summed E-state index contributed by atoms with van der Waals surface area (Å²) in [6.07, 6.45) is 1.73. The third kappa shape index (κ3) is 3.24. The van der Waals surface area contributed by atoms with Crippen LogP contribution >= 0.6 is 11.8 Å². The van der Waals surface area contributed by atoms with Crippen LogP contribution in [0.4, 0.5) is 0 Å². The smallest absolute Gasteiger partial charge is 0.0765 e. The van der Waals surface area contributed by atoms with E-state index in [2.05, 4.69) is 36.5 Å². The van der Waals surface area contributed by atoms with E-state index in [1.165, 1.54) is 10.5 Å². The van der Waals surface area contributed by atoms with Crippen LogP contribution in [0.2, 0.25) is 0 Å². The Bertz CT molecular complexity index is 348. The zero-order valence-electron chi connectivity index (χ0n) is 9.70. The highest BCUT2D eigenvalue weighted by atomic mass is 32.2. The quantitative estimate of drug-likeness (QED) is 0.791. The Hall–Kier alpha value is -0.510. The first-order valence-electron chi connectivity index (χ1n) is 5.81. The number of hydrogen-bond donors (Lipinski definition) is 2. The van der Waals surface area contributed by atoms with Gasteiger partial charge in [0.1, 0.15) is 0 Å². The molecule has 2 rings (SSSR count). The summed E-state index contributed by atoms with van der Waals surface area (Å²) < 4.78 is 0. The van der Waals surface area contributed by atoms with Crippen LogP contribution in [0.1, 0.15) is 18.4 Å². The molecule has 0 radical (unpaired) electrons. The van der Waals surface area contributed by atoms with Crippen LogP contribution < -0.4 is 5.32 Å². The molecular formula is C13H19NOS. The Kier molecular flexibility index (Phi) is 3.90. The molecule has 0 saturated carbocycles. The van der Waals surface area contributed by atoms with E-state index in [9.17, 15) is 5.11 Å².